The molecule has 0 radical (unpaired) electrons. The lowest BCUT2D eigenvalue weighted by Crippen LogP contribution is -2.17. The van der Waals surface area contributed by atoms with Crippen LogP contribution in [0.1, 0.15) is 6.92 Å². The Balaban J connectivity index is 2.46. The summed E-state index contributed by atoms with van der Waals surface area (Å²) in [5.41, 5.74) is 0.578. The van der Waals surface area contributed by atoms with E-state index in [1.165, 1.54) is 6.92 Å². The van der Waals surface area contributed by atoms with Crippen LogP contribution in [0.25, 0.3) is 0 Å². The van der Waals surface area contributed by atoms with Crippen molar-refractivity contribution in [2.75, 3.05) is 19.0 Å². The Bertz CT molecular complexity index is 372. The van der Waals surface area contributed by atoms with Gasteiger partial charge in [-0.3, -0.25) is 10.1 Å². The van der Waals surface area contributed by atoms with Gasteiger partial charge in [0.25, 0.3) is 0 Å². The maximum Gasteiger partial charge on any atom is 0.412 e. The van der Waals surface area contributed by atoms with Gasteiger partial charge in [0.05, 0.1) is 7.11 Å². The van der Waals surface area contributed by atoms with Crippen molar-refractivity contribution in [2.45, 2.75) is 6.92 Å². The second-order valence-corrected chi connectivity index (χ2v) is 3.13. The summed E-state index contributed by atoms with van der Waals surface area (Å²) in [7, 11) is 1.56. The summed E-state index contributed by atoms with van der Waals surface area (Å²) in [6, 6.07) is 6.77. The molecule has 0 aliphatic carbocycles. The number of ketones is 1. The van der Waals surface area contributed by atoms with E-state index in [-0.39, 0.29) is 12.4 Å². The third kappa shape index (κ3) is 4.00. The normalized spacial score (nSPS) is 9.38. The second kappa shape index (κ2) is 5.75. The summed E-state index contributed by atoms with van der Waals surface area (Å²) < 4.78 is 9.60. The lowest BCUT2D eigenvalue weighted by Gasteiger charge is -2.06. The van der Waals surface area contributed by atoms with Gasteiger partial charge in [-0.15, -0.1) is 0 Å². The van der Waals surface area contributed by atoms with Gasteiger partial charge in [-0.05, 0) is 31.2 Å². The predicted octanol–water partition coefficient (Wildman–Crippen LogP) is 1.83. The average molecular weight is 223 g/mol. The smallest absolute Gasteiger partial charge is 0.412 e. The number of methoxy groups -OCH3 is 1. The van der Waals surface area contributed by atoms with E-state index in [2.05, 4.69) is 10.1 Å². The highest BCUT2D eigenvalue weighted by atomic mass is 16.5. The fraction of sp³-hybridized carbons (Fsp3) is 0.273. The molecule has 0 heterocycles. The average Bonchev–Trinajstić information content (AvgIpc) is 2.27. The molecule has 1 amide bonds. The van der Waals surface area contributed by atoms with Crippen molar-refractivity contribution in [1.29, 1.82) is 0 Å². The van der Waals surface area contributed by atoms with Crippen LogP contribution < -0.4 is 10.1 Å². The lowest BCUT2D eigenvalue weighted by molar-refractivity contribution is -0.119. The predicted molar refractivity (Wildman–Crippen MR) is 58.6 cm³/mol. The molecule has 0 aromatic heterocycles. The van der Waals surface area contributed by atoms with E-state index < -0.39 is 6.09 Å². The van der Waals surface area contributed by atoms with Crippen LogP contribution in [-0.4, -0.2) is 25.6 Å². The SMILES string of the molecule is COc1ccc(NC(=O)OCC(C)=O)cc1. The number of carbonyl (C=O) groups is 2. The zero-order valence-electron chi connectivity index (χ0n) is 9.15. The molecule has 16 heavy (non-hydrogen) atoms. The van der Waals surface area contributed by atoms with Gasteiger partial charge in [0.1, 0.15) is 5.75 Å². The molecule has 1 N–H and O–H groups in total. The number of amides is 1. The molecule has 0 saturated heterocycles. The van der Waals surface area contributed by atoms with E-state index in [1.54, 1.807) is 31.4 Å². The van der Waals surface area contributed by atoms with Gasteiger partial charge < -0.3 is 9.47 Å². The maximum atomic E-state index is 11.2. The summed E-state index contributed by atoms with van der Waals surface area (Å²) in [5.74, 6) is 0.493. The minimum absolute atomic E-state index is 0.204. The molecule has 0 saturated carbocycles. The van der Waals surface area contributed by atoms with E-state index in [0.717, 1.165) is 0 Å². The van der Waals surface area contributed by atoms with Gasteiger partial charge in [-0.2, -0.15) is 0 Å². The number of hydrogen-bond acceptors (Lipinski definition) is 4. The fourth-order valence-corrected chi connectivity index (χ4v) is 0.995. The van der Waals surface area contributed by atoms with Crippen LogP contribution in [0, 0.1) is 0 Å². The number of hydrogen-bond donors (Lipinski definition) is 1. The van der Waals surface area contributed by atoms with Crippen molar-refractivity contribution in [3.05, 3.63) is 24.3 Å². The monoisotopic (exact) mass is 223 g/mol. The standard InChI is InChI=1S/C11H13NO4/c1-8(13)7-16-11(14)12-9-3-5-10(15-2)6-4-9/h3-6H,7H2,1-2H3,(H,12,14). The second-order valence-electron chi connectivity index (χ2n) is 3.13. The van der Waals surface area contributed by atoms with Crippen LogP contribution in [0.2, 0.25) is 0 Å². The molecule has 1 aromatic rings. The first-order valence-corrected chi connectivity index (χ1v) is 4.69. The summed E-state index contributed by atoms with van der Waals surface area (Å²) in [5, 5.41) is 2.48. The number of carbonyl (C=O) groups excluding carboxylic acids is 2. The van der Waals surface area contributed by atoms with E-state index >= 15 is 0 Å². The molecule has 5 heteroatoms. The number of nitrogens with one attached hydrogen (secondary N) is 1. The molecule has 0 aliphatic heterocycles. The van der Waals surface area contributed by atoms with Crippen molar-refractivity contribution in [3.8, 4) is 5.75 Å². The van der Waals surface area contributed by atoms with Crippen LogP contribution in [0.4, 0.5) is 10.5 Å². The third-order valence-electron chi connectivity index (χ3n) is 1.74. The van der Waals surface area contributed by atoms with Crippen LogP contribution in [0.5, 0.6) is 5.75 Å². The van der Waals surface area contributed by atoms with Gasteiger partial charge >= 0.3 is 6.09 Å². The Morgan fingerprint density at radius 2 is 1.88 bits per heavy atom. The highest BCUT2D eigenvalue weighted by Crippen LogP contribution is 2.14. The summed E-state index contributed by atoms with van der Waals surface area (Å²) in [6.45, 7) is 1.13. The minimum Gasteiger partial charge on any atom is -0.497 e. The molecule has 0 spiro atoms. The Morgan fingerprint density at radius 1 is 1.25 bits per heavy atom. The first-order chi connectivity index (χ1) is 7.61. The zero-order valence-corrected chi connectivity index (χ0v) is 9.15. The molecule has 0 aliphatic rings. The first-order valence-electron chi connectivity index (χ1n) is 4.69. The maximum absolute atomic E-state index is 11.2. The van der Waals surface area contributed by atoms with Crippen LogP contribution in [0.15, 0.2) is 24.3 Å². The number of anilines is 1. The Morgan fingerprint density at radius 3 is 2.38 bits per heavy atom. The number of benzene rings is 1. The Hall–Kier alpha value is -2.04. The van der Waals surface area contributed by atoms with Crippen molar-refractivity contribution in [3.63, 3.8) is 0 Å². The van der Waals surface area contributed by atoms with Crippen molar-refractivity contribution >= 4 is 17.6 Å². The van der Waals surface area contributed by atoms with Gasteiger partial charge in [-0.25, -0.2) is 4.79 Å². The van der Waals surface area contributed by atoms with Crippen molar-refractivity contribution in [2.24, 2.45) is 0 Å². The quantitative estimate of drug-likeness (QED) is 0.845. The highest BCUT2D eigenvalue weighted by molar-refractivity contribution is 5.87. The fourth-order valence-electron chi connectivity index (χ4n) is 0.995. The third-order valence-corrected chi connectivity index (χ3v) is 1.74. The summed E-state index contributed by atoms with van der Waals surface area (Å²) in [4.78, 5) is 21.7. The van der Waals surface area contributed by atoms with Gasteiger partial charge in [0.15, 0.2) is 12.4 Å². The first kappa shape index (κ1) is 12.0. The molecule has 1 aromatic carbocycles. The summed E-state index contributed by atoms with van der Waals surface area (Å²) >= 11 is 0. The number of ether oxygens (including phenoxy) is 2. The largest absolute Gasteiger partial charge is 0.497 e. The lowest BCUT2D eigenvalue weighted by atomic mass is 10.3. The van der Waals surface area contributed by atoms with E-state index in [4.69, 9.17) is 4.74 Å². The van der Waals surface area contributed by atoms with E-state index in [9.17, 15) is 9.59 Å². The van der Waals surface area contributed by atoms with Crippen LogP contribution in [-0.2, 0) is 9.53 Å². The number of Topliss-reactive ketones (excluding diaryl/α,β-unsaturated/α-hetero) is 1. The molecule has 0 unspecified atom stereocenters. The molecular weight excluding hydrogens is 210 g/mol. The van der Waals surface area contributed by atoms with Crippen LogP contribution >= 0.6 is 0 Å². The van der Waals surface area contributed by atoms with E-state index in [1.807, 2.05) is 0 Å². The van der Waals surface area contributed by atoms with Crippen molar-refractivity contribution < 1.29 is 19.1 Å². The molecule has 5 nitrogen and oxygen atoms in total. The Labute approximate surface area is 93.4 Å². The molecule has 0 atom stereocenters. The molecular formula is C11H13NO4. The molecule has 1 rings (SSSR count). The highest BCUT2D eigenvalue weighted by Gasteiger charge is 2.04. The summed E-state index contributed by atoms with van der Waals surface area (Å²) in [6.07, 6.45) is -0.652. The molecule has 86 valence electrons. The van der Waals surface area contributed by atoms with Gasteiger partial charge in [-0.1, -0.05) is 0 Å². The van der Waals surface area contributed by atoms with Gasteiger partial charge in [0, 0.05) is 5.69 Å². The molecule has 0 bridgehead atoms. The Kier molecular flexibility index (Phi) is 4.32. The molecule has 0 fully saturated rings. The number of rotatable bonds is 4. The zero-order chi connectivity index (χ0) is 12.0. The van der Waals surface area contributed by atoms with Crippen LogP contribution in [0.3, 0.4) is 0 Å². The van der Waals surface area contributed by atoms with Crippen molar-refractivity contribution in [1.82, 2.24) is 0 Å². The van der Waals surface area contributed by atoms with Gasteiger partial charge in [0.2, 0.25) is 0 Å². The topological polar surface area (TPSA) is 64.6 Å². The minimum atomic E-state index is -0.652. The van der Waals surface area contributed by atoms with E-state index in [0.29, 0.717) is 11.4 Å².